The molecule has 2 heteroatoms. The van der Waals surface area contributed by atoms with Gasteiger partial charge in [0.1, 0.15) is 0 Å². The van der Waals surface area contributed by atoms with E-state index in [9.17, 15) is 0 Å². The Morgan fingerprint density at radius 1 is 0.673 bits per heavy atom. The third kappa shape index (κ3) is 4.61. The predicted molar refractivity (Wildman–Crippen MR) is 211 cm³/mol. The van der Waals surface area contributed by atoms with Gasteiger partial charge in [-0.15, -0.1) is 0 Å². The normalized spacial score (nSPS) is 17.6. The maximum Gasteiger partial charge on any atom is 0.0714 e. The molecule has 0 saturated carbocycles. The van der Waals surface area contributed by atoms with Crippen molar-refractivity contribution >= 4 is 32.3 Å². The highest BCUT2D eigenvalue weighted by molar-refractivity contribution is 6.20. The van der Waals surface area contributed by atoms with Crippen molar-refractivity contribution in [2.45, 2.75) is 58.9 Å². The van der Waals surface area contributed by atoms with Crippen LogP contribution in [0.1, 0.15) is 70.2 Å². The van der Waals surface area contributed by atoms with Gasteiger partial charge < -0.3 is 11.1 Å². The third-order valence-corrected chi connectivity index (χ3v) is 10.9. The molecule has 6 aromatic rings. The number of fused-ring (bicyclic) bond motifs is 7. The highest BCUT2D eigenvalue weighted by atomic mass is 15.0. The molecule has 242 valence electrons. The average molecular weight is 637 g/mol. The lowest BCUT2D eigenvalue weighted by Gasteiger charge is -2.31. The maximum atomic E-state index is 6.81. The van der Waals surface area contributed by atoms with Gasteiger partial charge in [-0.2, -0.15) is 0 Å². The molecule has 3 aliphatic rings. The summed E-state index contributed by atoms with van der Waals surface area (Å²) < 4.78 is 0. The molecule has 0 fully saturated rings. The summed E-state index contributed by atoms with van der Waals surface area (Å²) in [5, 5.41) is 11.6. The standard InChI is InChI=1S/C45H38N2.C2H6/c1-4-13-27-22-23-28-24-25-39(47-44(28)43(27)46)42-33-18-9-7-16-31(33)40(32-17-8-10-19-34(32)42)36-26-38-41(30-15-6-5-14-29(30)36)35-20-11-12-21-37(35)45(38,2)3;1-2/h4-21,24-26,39,47H,22-23,46H2,1-3H3;1-2H3/b13-4-;. The van der Waals surface area contributed by atoms with Crippen molar-refractivity contribution in [3.63, 3.8) is 0 Å². The Labute approximate surface area is 290 Å². The Kier molecular flexibility index (Phi) is 7.56. The largest absolute Gasteiger partial charge is 0.397 e. The average Bonchev–Trinajstić information content (AvgIpc) is 3.38. The van der Waals surface area contributed by atoms with E-state index in [1.54, 1.807) is 0 Å². The van der Waals surface area contributed by atoms with Crippen molar-refractivity contribution in [1.82, 2.24) is 5.32 Å². The number of benzene rings is 6. The molecule has 0 aromatic heterocycles. The van der Waals surface area contributed by atoms with Crippen molar-refractivity contribution in [2.24, 2.45) is 5.73 Å². The fraction of sp³-hybridized carbons (Fsp3) is 0.191. The van der Waals surface area contributed by atoms with E-state index >= 15 is 0 Å². The van der Waals surface area contributed by atoms with Crippen molar-refractivity contribution in [3.05, 3.63) is 167 Å². The van der Waals surface area contributed by atoms with Crippen molar-refractivity contribution < 1.29 is 0 Å². The second-order valence-corrected chi connectivity index (χ2v) is 13.8. The van der Waals surface area contributed by atoms with Gasteiger partial charge in [0.05, 0.1) is 17.4 Å². The smallest absolute Gasteiger partial charge is 0.0714 e. The molecule has 0 spiro atoms. The summed E-state index contributed by atoms with van der Waals surface area (Å²) in [5.74, 6) is 0. The number of hydrogen-bond donors (Lipinski definition) is 2. The van der Waals surface area contributed by atoms with Crippen molar-refractivity contribution in [2.75, 3.05) is 0 Å². The maximum absolute atomic E-state index is 6.81. The van der Waals surface area contributed by atoms with E-state index < -0.39 is 0 Å². The van der Waals surface area contributed by atoms with Crippen LogP contribution >= 0.6 is 0 Å². The Bertz CT molecular complexity index is 2370. The van der Waals surface area contributed by atoms with E-state index in [-0.39, 0.29) is 11.5 Å². The molecule has 1 aliphatic heterocycles. The molecule has 1 heterocycles. The van der Waals surface area contributed by atoms with Crippen LogP contribution in [0, 0.1) is 0 Å². The highest BCUT2D eigenvalue weighted by Crippen LogP contribution is 2.54. The van der Waals surface area contributed by atoms with Gasteiger partial charge in [-0.05, 0) is 108 Å². The van der Waals surface area contributed by atoms with E-state index in [1.165, 1.54) is 82.4 Å². The highest BCUT2D eigenvalue weighted by Gasteiger charge is 2.37. The van der Waals surface area contributed by atoms with Crippen LogP contribution in [0.15, 0.2) is 150 Å². The Morgan fingerprint density at radius 3 is 1.90 bits per heavy atom. The van der Waals surface area contributed by atoms with E-state index in [0.29, 0.717) is 0 Å². The minimum atomic E-state index is -0.0994. The molecule has 3 N–H and O–H groups in total. The molecular formula is C47H44N2. The second-order valence-electron chi connectivity index (χ2n) is 13.8. The number of rotatable bonds is 3. The molecule has 6 aromatic carbocycles. The molecular weight excluding hydrogens is 593 g/mol. The number of nitrogens with one attached hydrogen (secondary N) is 1. The van der Waals surface area contributed by atoms with Crippen LogP contribution in [-0.4, -0.2) is 0 Å². The van der Waals surface area contributed by atoms with E-state index in [1.807, 2.05) is 13.8 Å². The van der Waals surface area contributed by atoms with Crippen LogP contribution in [0.3, 0.4) is 0 Å². The van der Waals surface area contributed by atoms with Gasteiger partial charge in [0.2, 0.25) is 0 Å². The first-order chi connectivity index (χ1) is 24.0. The first-order valence-electron chi connectivity index (χ1n) is 17.9. The quantitative estimate of drug-likeness (QED) is 0.190. The zero-order valence-corrected chi connectivity index (χ0v) is 29.2. The van der Waals surface area contributed by atoms with Gasteiger partial charge in [-0.25, -0.2) is 0 Å². The zero-order valence-electron chi connectivity index (χ0n) is 29.2. The van der Waals surface area contributed by atoms with E-state index in [0.717, 1.165) is 24.2 Å². The predicted octanol–water partition coefficient (Wildman–Crippen LogP) is 12.2. The number of nitrogens with two attached hydrogens (primary N) is 1. The summed E-state index contributed by atoms with van der Waals surface area (Å²) >= 11 is 0. The molecule has 1 atom stereocenters. The topological polar surface area (TPSA) is 38.0 Å². The zero-order chi connectivity index (χ0) is 33.9. The number of hydrogen-bond acceptors (Lipinski definition) is 2. The van der Waals surface area contributed by atoms with Crippen molar-refractivity contribution in [3.8, 4) is 22.3 Å². The fourth-order valence-corrected chi connectivity index (χ4v) is 8.70. The van der Waals surface area contributed by atoms with Crippen LogP contribution < -0.4 is 11.1 Å². The summed E-state index contributed by atoms with van der Waals surface area (Å²) in [4.78, 5) is 0. The lowest BCUT2D eigenvalue weighted by atomic mass is 9.78. The Morgan fingerprint density at radius 2 is 1.24 bits per heavy atom. The first kappa shape index (κ1) is 31.0. The number of dihydropyridines is 1. The molecule has 2 aliphatic carbocycles. The second kappa shape index (κ2) is 12.0. The monoisotopic (exact) mass is 636 g/mol. The minimum absolute atomic E-state index is 0.00805. The molecule has 49 heavy (non-hydrogen) atoms. The summed E-state index contributed by atoms with van der Waals surface area (Å²) in [7, 11) is 0. The third-order valence-electron chi connectivity index (χ3n) is 10.9. The summed E-state index contributed by atoms with van der Waals surface area (Å²) in [5.41, 5.74) is 20.6. The van der Waals surface area contributed by atoms with E-state index in [2.05, 4.69) is 154 Å². The lowest BCUT2D eigenvalue weighted by molar-refractivity contribution is 0.661. The molecule has 0 bridgehead atoms. The Hall–Kier alpha value is -5.34. The van der Waals surface area contributed by atoms with Crippen LogP contribution in [-0.2, 0) is 5.41 Å². The molecule has 0 saturated heterocycles. The lowest BCUT2D eigenvalue weighted by Crippen LogP contribution is -2.29. The van der Waals surface area contributed by atoms with Crippen LogP contribution in [0.2, 0.25) is 0 Å². The van der Waals surface area contributed by atoms with Crippen LogP contribution in [0.4, 0.5) is 0 Å². The summed E-state index contributed by atoms with van der Waals surface area (Å²) in [6, 6.07) is 38.5. The van der Waals surface area contributed by atoms with Crippen molar-refractivity contribution in [1.29, 1.82) is 0 Å². The molecule has 2 nitrogen and oxygen atoms in total. The van der Waals surface area contributed by atoms with Gasteiger partial charge in [0.15, 0.2) is 0 Å². The SMILES string of the molecule is C/C=C\C1=C(N)C2=C(C=CC(c3c4ccccc4c(-c4cc5c(c6ccccc46)-c4ccccc4C5(C)C)c4ccccc34)N2)CC1.CC. The molecule has 1 unspecified atom stereocenters. The summed E-state index contributed by atoms with van der Waals surface area (Å²) in [6.07, 6.45) is 10.9. The molecule has 0 amide bonds. The minimum Gasteiger partial charge on any atom is -0.397 e. The Balaban J connectivity index is 0.00000171. The van der Waals surface area contributed by atoms with Gasteiger partial charge >= 0.3 is 0 Å². The molecule has 0 radical (unpaired) electrons. The van der Waals surface area contributed by atoms with Gasteiger partial charge in [-0.1, -0.05) is 149 Å². The van der Waals surface area contributed by atoms with Crippen LogP contribution in [0.5, 0.6) is 0 Å². The van der Waals surface area contributed by atoms with Crippen LogP contribution in [0.25, 0.3) is 54.6 Å². The number of allylic oxidation sites excluding steroid dienone is 5. The summed E-state index contributed by atoms with van der Waals surface area (Å²) in [6.45, 7) is 10.8. The fourth-order valence-electron chi connectivity index (χ4n) is 8.70. The van der Waals surface area contributed by atoms with E-state index in [4.69, 9.17) is 5.73 Å². The van der Waals surface area contributed by atoms with Gasteiger partial charge in [0, 0.05) is 5.41 Å². The molecule has 9 rings (SSSR count). The van der Waals surface area contributed by atoms with Gasteiger partial charge in [0.25, 0.3) is 0 Å². The first-order valence-corrected chi connectivity index (χ1v) is 17.9. The van der Waals surface area contributed by atoms with Gasteiger partial charge in [-0.3, -0.25) is 0 Å².